The molecule has 15 heavy (non-hydrogen) atoms. The van der Waals surface area contributed by atoms with Crippen LogP contribution >= 0.6 is 11.3 Å². The molecule has 1 aromatic rings. The van der Waals surface area contributed by atoms with Gasteiger partial charge in [0.1, 0.15) is 5.01 Å². The highest BCUT2D eigenvalue weighted by molar-refractivity contribution is 7.09. The van der Waals surface area contributed by atoms with Crippen molar-refractivity contribution in [1.82, 2.24) is 15.7 Å². The SMILES string of the molecule is CC(NC(=NC1CC1)NN)c1nccs1. The predicted molar refractivity (Wildman–Crippen MR) is 61.4 cm³/mol. The standard InChI is InChI=1S/C9H15N5S/c1-6(8-11-4-5-15-8)12-9(14-10)13-7-2-3-7/h4-7H,2-3,10H2,1H3,(H2,12,13,14). The minimum absolute atomic E-state index is 0.138. The van der Waals surface area contributed by atoms with E-state index >= 15 is 0 Å². The summed E-state index contributed by atoms with van der Waals surface area (Å²) < 4.78 is 0. The zero-order valence-corrected chi connectivity index (χ0v) is 9.42. The van der Waals surface area contributed by atoms with Gasteiger partial charge in [-0.3, -0.25) is 5.43 Å². The lowest BCUT2D eigenvalue weighted by molar-refractivity contribution is 0.682. The van der Waals surface area contributed by atoms with Gasteiger partial charge in [0.2, 0.25) is 5.96 Å². The molecule has 0 radical (unpaired) electrons. The summed E-state index contributed by atoms with van der Waals surface area (Å²) in [4.78, 5) is 8.63. The second kappa shape index (κ2) is 4.59. The van der Waals surface area contributed by atoms with E-state index in [0.29, 0.717) is 12.0 Å². The fourth-order valence-electron chi connectivity index (χ4n) is 1.22. The lowest BCUT2D eigenvalue weighted by Gasteiger charge is -2.14. The third kappa shape index (κ3) is 2.90. The van der Waals surface area contributed by atoms with E-state index in [1.165, 1.54) is 12.8 Å². The highest BCUT2D eigenvalue weighted by Gasteiger charge is 2.21. The second-order valence-electron chi connectivity index (χ2n) is 3.59. The van der Waals surface area contributed by atoms with Crippen molar-refractivity contribution >= 4 is 17.3 Å². The topological polar surface area (TPSA) is 75.3 Å². The first kappa shape index (κ1) is 10.4. The number of rotatable bonds is 3. The van der Waals surface area contributed by atoms with Gasteiger partial charge in [0.25, 0.3) is 0 Å². The number of nitrogens with two attached hydrogens (primary N) is 1. The summed E-state index contributed by atoms with van der Waals surface area (Å²) in [5.41, 5.74) is 2.58. The second-order valence-corrected chi connectivity index (χ2v) is 4.52. The summed E-state index contributed by atoms with van der Waals surface area (Å²) in [7, 11) is 0. The summed E-state index contributed by atoms with van der Waals surface area (Å²) in [6, 6.07) is 0.589. The first-order chi connectivity index (χ1) is 7.29. The molecule has 5 nitrogen and oxygen atoms in total. The lowest BCUT2D eigenvalue weighted by atomic mass is 10.4. The summed E-state index contributed by atoms with van der Waals surface area (Å²) in [5, 5.41) is 6.20. The zero-order chi connectivity index (χ0) is 10.7. The molecule has 1 aliphatic rings. The third-order valence-corrected chi connectivity index (χ3v) is 3.13. The number of aromatic nitrogens is 1. The molecule has 1 heterocycles. The Hall–Kier alpha value is -1.14. The molecule has 1 unspecified atom stereocenters. The maximum atomic E-state index is 5.39. The van der Waals surface area contributed by atoms with Crippen LogP contribution < -0.4 is 16.6 Å². The number of hydrogen-bond acceptors (Lipinski definition) is 4. The molecule has 4 N–H and O–H groups in total. The highest BCUT2D eigenvalue weighted by atomic mass is 32.1. The molecular formula is C9H15N5S. The van der Waals surface area contributed by atoms with E-state index in [9.17, 15) is 0 Å². The van der Waals surface area contributed by atoms with Gasteiger partial charge in [-0.1, -0.05) is 0 Å². The van der Waals surface area contributed by atoms with Crippen LogP contribution in [0, 0.1) is 0 Å². The largest absolute Gasteiger partial charge is 0.346 e. The smallest absolute Gasteiger partial charge is 0.206 e. The molecule has 2 rings (SSSR count). The molecule has 0 saturated heterocycles. The number of nitrogens with one attached hydrogen (secondary N) is 2. The number of hydrazine groups is 1. The van der Waals surface area contributed by atoms with Crippen molar-refractivity contribution in [1.29, 1.82) is 0 Å². The Morgan fingerprint density at radius 2 is 2.53 bits per heavy atom. The third-order valence-electron chi connectivity index (χ3n) is 2.17. The van der Waals surface area contributed by atoms with Crippen LogP contribution in [-0.4, -0.2) is 17.0 Å². The first-order valence-corrected chi connectivity index (χ1v) is 5.88. The molecule has 1 fully saturated rings. The number of aliphatic imine (C=N–C) groups is 1. The van der Waals surface area contributed by atoms with Crippen molar-refractivity contribution in [3.8, 4) is 0 Å². The molecule has 1 atom stereocenters. The van der Waals surface area contributed by atoms with E-state index in [0.717, 1.165) is 5.01 Å². The van der Waals surface area contributed by atoms with Gasteiger partial charge in [0, 0.05) is 11.6 Å². The van der Waals surface area contributed by atoms with Gasteiger partial charge in [0.15, 0.2) is 0 Å². The van der Waals surface area contributed by atoms with E-state index < -0.39 is 0 Å². The molecular weight excluding hydrogens is 210 g/mol. The van der Waals surface area contributed by atoms with E-state index in [4.69, 9.17) is 5.84 Å². The van der Waals surface area contributed by atoms with E-state index in [1.807, 2.05) is 12.3 Å². The van der Waals surface area contributed by atoms with Crippen molar-refractivity contribution in [2.75, 3.05) is 0 Å². The Kier molecular flexibility index (Phi) is 3.17. The maximum Gasteiger partial charge on any atom is 0.206 e. The van der Waals surface area contributed by atoms with Crippen LogP contribution in [0.1, 0.15) is 30.8 Å². The van der Waals surface area contributed by atoms with Crippen molar-refractivity contribution in [2.24, 2.45) is 10.8 Å². The minimum atomic E-state index is 0.138. The highest BCUT2D eigenvalue weighted by Crippen LogP contribution is 2.23. The maximum absolute atomic E-state index is 5.39. The van der Waals surface area contributed by atoms with Crippen LogP contribution in [0.5, 0.6) is 0 Å². The molecule has 0 aliphatic heterocycles. The van der Waals surface area contributed by atoms with Crippen molar-refractivity contribution in [3.63, 3.8) is 0 Å². The summed E-state index contributed by atoms with van der Waals surface area (Å²) in [5.74, 6) is 6.04. The van der Waals surface area contributed by atoms with Crippen LogP contribution in [0.3, 0.4) is 0 Å². The van der Waals surface area contributed by atoms with Gasteiger partial charge < -0.3 is 5.32 Å². The molecule has 6 heteroatoms. The Bertz CT molecular complexity index is 330. The summed E-state index contributed by atoms with van der Waals surface area (Å²) >= 11 is 1.62. The van der Waals surface area contributed by atoms with Crippen molar-refractivity contribution in [2.45, 2.75) is 31.8 Å². The van der Waals surface area contributed by atoms with Crippen LogP contribution in [0.2, 0.25) is 0 Å². The van der Waals surface area contributed by atoms with Gasteiger partial charge in [-0.05, 0) is 19.8 Å². The Labute approximate surface area is 92.8 Å². The van der Waals surface area contributed by atoms with Crippen LogP contribution in [-0.2, 0) is 0 Å². The number of nitrogens with zero attached hydrogens (tertiary/aromatic N) is 2. The van der Waals surface area contributed by atoms with Crippen LogP contribution in [0.15, 0.2) is 16.6 Å². The average Bonchev–Trinajstić information content (AvgIpc) is 2.88. The van der Waals surface area contributed by atoms with Gasteiger partial charge in [-0.2, -0.15) is 0 Å². The Morgan fingerprint density at radius 3 is 3.07 bits per heavy atom. The number of hydrogen-bond donors (Lipinski definition) is 3. The molecule has 1 aromatic heterocycles. The lowest BCUT2D eigenvalue weighted by Crippen LogP contribution is -2.42. The normalized spacial score (nSPS) is 18.7. The molecule has 0 spiro atoms. The van der Waals surface area contributed by atoms with E-state index in [-0.39, 0.29) is 6.04 Å². The molecule has 0 bridgehead atoms. The average molecular weight is 225 g/mol. The van der Waals surface area contributed by atoms with E-state index in [1.54, 1.807) is 17.5 Å². The first-order valence-electron chi connectivity index (χ1n) is 5.00. The quantitative estimate of drug-likeness (QED) is 0.307. The Balaban J connectivity index is 1.94. The van der Waals surface area contributed by atoms with Gasteiger partial charge in [0.05, 0.1) is 12.1 Å². The van der Waals surface area contributed by atoms with Crippen molar-refractivity contribution in [3.05, 3.63) is 16.6 Å². The molecule has 1 saturated carbocycles. The zero-order valence-electron chi connectivity index (χ0n) is 8.60. The minimum Gasteiger partial charge on any atom is -0.346 e. The van der Waals surface area contributed by atoms with E-state index in [2.05, 4.69) is 20.7 Å². The summed E-state index contributed by atoms with van der Waals surface area (Å²) in [6.45, 7) is 2.04. The van der Waals surface area contributed by atoms with Gasteiger partial charge in [-0.25, -0.2) is 15.8 Å². The Morgan fingerprint density at radius 1 is 1.73 bits per heavy atom. The van der Waals surface area contributed by atoms with Gasteiger partial charge >= 0.3 is 0 Å². The fourth-order valence-corrected chi connectivity index (χ4v) is 1.86. The molecule has 0 amide bonds. The fraction of sp³-hybridized carbons (Fsp3) is 0.556. The monoisotopic (exact) mass is 225 g/mol. The van der Waals surface area contributed by atoms with Gasteiger partial charge in [-0.15, -0.1) is 11.3 Å². The van der Waals surface area contributed by atoms with Crippen LogP contribution in [0.25, 0.3) is 0 Å². The van der Waals surface area contributed by atoms with Crippen molar-refractivity contribution < 1.29 is 0 Å². The molecule has 1 aliphatic carbocycles. The molecule has 0 aromatic carbocycles. The molecule has 82 valence electrons. The predicted octanol–water partition coefficient (Wildman–Crippen LogP) is 0.775. The number of thiazole rings is 1. The number of guanidine groups is 1. The summed E-state index contributed by atoms with van der Waals surface area (Å²) in [6.07, 6.45) is 4.13. The van der Waals surface area contributed by atoms with Crippen LogP contribution in [0.4, 0.5) is 0 Å².